The van der Waals surface area contributed by atoms with Crippen molar-refractivity contribution >= 4 is 22.6 Å². The minimum Gasteiger partial charge on any atom is -0.497 e. The molecule has 2 aromatic carbocycles. The van der Waals surface area contributed by atoms with Crippen molar-refractivity contribution in [2.45, 2.75) is 13.5 Å². The molecular weight excluding hydrogens is 334 g/mol. The van der Waals surface area contributed by atoms with Gasteiger partial charge in [0.25, 0.3) is 5.91 Å². The van der Waals surface area contributed by atoms with Crippen molar-refractivity contribution in [2.24, 2.45) is 0 Å². The lowest BCUT2D eigenvalue weighted by Gasteiger charge is -2.10. The van der Waals surface area contributed by atoms with Crippen LogP contribution in [0.5, 0.6) is 11.5 Å². The van der Waals surface area contributed by atoms with E-state index >= 15 is 0 Å². The van der Waals surface area contributed by atoms with Gasteiger partial charge in [0.2, 0.25) is 0 Å². The molecule has 0 bridgehead atoms. The van der Waals surface area contributed by atoms with E-state index in [4.69, 9.17) is 18.6 Å². The first-order valence-corrected chi connectivity index (χ1v) is 8.28. The van der Waals surface area contributed by atoms with E-state index in [2.05, 4.69) is 5.32 Å². The molecule has 0 saturated heterocycles. The molecule has 0 fully saturated rings. The van der Waals surface area contributed by atoms with Crippen LogP contribution in [0.3, 0.4) is 0 Å². The molecule has 1 amide bonds. The summed E-state index contributed by atoms with van der Waals surface area (Å²) in [5.74, 6) is 1.05. The second-order valence-electron chi connectivity index (χ2n) is 5.60. The van der Waals surface area contributed by atoms with E-state index in [1.165, 1.54) is 0 Å². The molecule has 0 atom stereocenters. The third kappa shape index (κ3) is 3.65. The summed E-state index contributed by atoms with van der Waals surface area (Å²) in [4.78, 5) is 12.8. The average Bonchev–Trinajstić information content (AvgIpc) is 3.04. The number of carbonyl (C=O) groups excluding carboxylic acids is 1. The van der Waals surface area contributed by atoms with E-state index in [9.17, 15) is 4.79 Å². The predicted molar refractivity (Wildman–Crippen MR) is 99.0 cm³/mol. The lowest BCUT2D eigenvalue weighted by atomic mass is 10.1. The molecule has 0 aliphatic carbocycles. The van der Waals surface area contributed by atoms with Gasteiger partial charge in [0.05, 0.1) is 20.8 Å². The Morgan fingerprint density at radius 2 is 1.77 bits per heavy atom. The molecule has 1 heterocycles. The Bertz CT molecular complexity index is 893. The summed E-state index contributed by atoms with van der Waals surface area (Å²) in [6, 6.07) is 12.7. The second kappa shape index (κ2) is 7.93. The van der Waals surface area contributed by atoms with Crippen LogP contribution in [0.1, 0.15) is 23.0 Å². The van der Waals surface area contributed by atoms with E-state index in [1.807, 2.05) is 31.2 Å². The molecule has 1 aromatic heterocycles. The number of anilines is 1. The first-order valence-electron chi connectivity index (χ1n) is 8.28. The molecule has 26 heavy (non-hydrogen) atoms. The summed E-state index contributed by atoms with van der Waals surface area (Å²) in [7, 11) is 3.11. The lowest BCUT2D eigenvalue weighted by molar-refractivity contribution is 0.0984. The van der Waals surface area contributed by atoms with Crippen LogP contribution in [-0.2, 0) is 11.3 Å². The normalized spacial score (nSPS) is 10.7. The molecule has 6 heteroatoms. The first-order chi connectivity index (χ1) is 12.7. The number of rotatable bonds is 7. The van der Waals surface area contributed by atoms with Crippen molar-refractivity contribution < 1.29 is 23.4 Å². The third-order valence-corrected chi connectivity index (χ3v) is 3.96. The fraction of sp³-hybridized carbons (Fsp3) is 0.250. The number of benzene rings is 2. The van der Waals surface area contributed by atoms with E-state index in [-0.39, 0.29) is 11.7 Å². The zero-order valence-corrected chi connectivity index (χ0v) is 15.0. The molecule has 0 radical (unpaired) electrons. The molecule has 3 aromatic rings. The number of methoxy groups -OCH3 is 2. The van der Waals surface area contributed by atoms with Crippen molar-refractivity contribution in [2.75, 3.05) is 26.1 Å². The first kappa shape index (κ1) is 17.8. The molecule has 0 aliphatic rings. The monoisotopic (exact) mass is 355 g/mol. The number of hydrogen-bond donors (Lipinski definition) is 1. The van der Waals surface area contributed by atoms with Crippen LogP contribution < -0.4 is 14.8 Å². The summed E-state index contributed by atoms with van der Waals surface area (Å²) in [6.07, 6.45) is 0. The summed E-state index contributed by atoms with van der Waals surface area (Å²) in [6.45, 7) is 2.76. The smallest absolute Gasteiger partial charge is 0.291 e. The van der Waals surface area contributed by atoms with Crippen LogP contribution in [0.25, 0.3) is 11.0 Å². The van der Waals surface area contributed by atoms with Crippen molar-refractivity contribution in [3.63, 3.8) is 0 Å². The number of amides is 1. The highest BCUT2D eigenvalue weighted by Crippen LogP contribution is 2.29. The van der Waals surface area contributed by atoms with Crippen LogP contribution >= 0.6 is 0 Å². The maximum absolute atomic E-state index is 12.8. The lowest BCUT2D eigenvalue weighted by Crippen LogP contribution is -2.13. The maximum atomic E-state index is 12.8. The summed E-state index contributed by atoms with van der Waals surface area (Å²) in [5.41, 5.74) is 1.93. The van der Waals surface area contributed by atoms with Gasteiger partial charge in [-0.25, -0.2) is 0 Å². The van der Waals surface area contributed by atoms with Crippen LogP contribution in [0.15, 0.2) is 46.9 Å². The second-order valence-corrected chi connectivity index (χ2v) is 5.60. The molecule has 0 saturated carbocycles. The van der Waals surface area contributed by atoms with Crippen molar-refractivity contribution in [1.82, 2.24) is 0 Å². The fourth-order valence-corrected chi connectivity index (χ4v) is 2.70. The minimum atomic E-state index is -0.355. The summed E-state index contributed by atoms with van der Waals surface area (Å²) >= 11 is 0. The molecule has 0 aliphatic heterocycles. The Balaban J connectivity index is 1.95. The van der Waals surface area contributed by atoms with Gasteiger partial charge in [0.1, 0.15) is 17.1 Å². The summed E-state index contributed by atoms with van der Waals surface area (Å²) < 4.78 is 21.8. The molecular formula is C20H21NO5. The maximum Gasteiger partial charge on any atom is 0.291 e. The van der Waals surface area contributed by atoms with Gasteiger partial charge in [-0.1, -0.05) is 18.2 Å². The largest absolute Gasteiger partial charge is 0.497 e. The number of ether oxygens (including phenoxy) is 3. The topological polar surface area (TPSA) is 69.9 Å². The molecule has 6 nitrogen and oxygen atoms in total. The highest BCUT2D eigenvalue weighted by atomic mass is 16.5. The molecule has 0 unspecified atom stereocenters. The quantitative estimate of drug-likeness (QED) is 0.686. The number of hydrogen-bond acceptors (Lipinski definition) is 5. The minimum absolute atomic E-state index is 0.237. The highest BCUT2D eigenvalue weighted by molar-refractivity contribution is 6.06. The van der Waals surface area contributed by atoms with Crippen LogP contribution in [0, 0.1) is 0 Å². The van der Waals surface area contributed by atoms with E-state index < -0.39 is 0 Å². The molecule has 3 rings (SSSR count). The summed E-state index contributed by atoms with van der Waals surface area (Å²) in [5, 5.41) is 3.71. The predicted octanol–water partition coefficient (Wildman–Crippen LogP) is 4.24. The Labute approximate surface area is 151 Å². The van der Waals surface area contributed by atoms with Gasteiger partial charge in [-0.2, -0.15) is 0 Å². The molecule has 136 valence electrons. The Kier molecular flexibility index (Phi) is 5.43. The van der Waals surface area contributed by atoms with Crippen LogP contribution in [0.2, 0.25) is 0 Å². The number of fused-ring (bicyclic) bond motifs is 1. The number of nitrogens with one attached hydrogen (secondary N) is 1. The number of furan rings is 1. The van der Waals surface area contributed by atoms with E-state index in [0.29, 0.717) is 36.0 Å². The molecule has 1 N–H and O–H groups in total. The van der Waals surface area contributed by atoms with Gasteiger partial charge in [0, 0.05) is 41.4 Å². The van der Waals surface area contributed by atoms with Crippen LogP contribution in [0.4, 0.5) is 5.69 Å². The Morgan fingerprint density at radius 3 is 2.42 bits per heavy atom. The van der Waals surface area contributed by atoms with Crippen molar-refractivity contribution in [3.05, 3.63) is 53.8 Å². The fourth-order valence-electron chi connectivity index (χ4n) is 2.70. The highest BCUT2D eigenvalue weighted by Gasteiger charge is 2.21. The number of carbonyl (C=O) groups is 1. The zero-order valence-electron chi connectivity index (χ0n) is 15.0. The van der Waals surface area contributed by atoms with Gasteiger partial charge in [0.15, 0.2) is 5.76 Å². The van der Waals surface area contributed by atoms with Gasteiger partial charge >= 0.3 is 0 Å². The van der Waals surface area contributed by atoms with Gasteiger partial charge in [-0.3, -0.25) is 4.79 Å². The van der Waals surface area contributed by atoms with Gasteiger partial charge in [-0.05, 0) is 13.0 Å². The van der Waals surface area contributed by atoms with Crippen LogP contribution in [-0.4, -0.2) is 26.7 Å². The zero-order chi connectivity index (χ0) is 18.5. The SMILES string of the molecule is CCOCc1c(C(=O)Nc2cc(OC)cc(OC)c2)oc2ccccc12. The van der Waals surface area contributed by atoms with Gasteiger partial charge in [-0.15, -0.1) is 0 Å². The van der Waals surface area contributed by atoms with Crippen molar-refractivity contribution in [1.29, 1.82) is 0 Å². The molecule has 0 spiro atoms. The Morgan fingerprint density at radius 1 is 1.08 bits per heavy atom. The van der Waals surface area contributed by atoms with E-state index in [0.717, 1.165) is 10.9 Å². The van der Waals surface area contributed by atoms with Crippen molar-refractivity contribution in [3.8, 4) is 11.5 Å². The standard InChI is InChI=1S/C20H21NO5/c1-4-25-12-17-16-7-5-6-8-18(16)26-19(17)20(22)21-13-9-14(23-2)11-15(10-13)24-3/h5-11H,4,12H2,1-3H3,(H,21,22). The third-order valence-electron chi connectivity index (χ3n) is 3.96. The Hall–Kier alpha value is -2.99. The van der Waals surface area contributed by atoms with E-state index in [1.54, 1.807) is 32.4 Å². The van der Waals surface area contributed by atoms with Gasteiger partial charge < -0.3 is 23.9 Å². The number of para-hydroxylation sites is 1. The average molecular weight is 355 g/mol.